The third-order valence-electron chi connectivity index (χ3n) is 9.60. The SMILES string of the molecule is CC/C=C\C/C=C\C/C=C\C/C=C\CCCCCCCCC(=O)NC(COP(=O)(O)OCCN)C(O)/C=C/CCCCCCCCCCCCCCCCC. The Hall–Kier alpha value is -1.80. The zero-order valence-electron chi connectivity index (χ0n) is 35.4. The molecule has 0 aromatic carbocycles. The Bertz CT molecular complexity index is 1040. The molecule has 0 aromatic heterocycles. The van der Waals surface area contributed by atoms with Crippen molar-refractivity contribution in [2.45, 2.75) is 206 Å². The molecule has 9 heteroatoms. The van der Waals surface area contributed by atoms with Crippen molar-refractivity contribution in [1.82, 2.24) is 5.32 Å². The van der Waals surface area contributed by atoms with Gasteiger partial charge in [-0.3, -0.25) is 13.8 Å². The smallest absolute Gasteiger partial charge is 0.387 e. The molecule has 0 saturated carbocycles. The van der Waals surface area contributed by atoms with Crippen LogP contribution in [0.15, 0.2) is 60.8 Å². The summed E-state index contributed by atoms with van der Waals surface area (Å²) >= 11 is 0. The summed E-state index contributed by atoms with van der Waals surface area (Å²) in [5.41, 5.74) is 5.38. The first kappa shape index (κ1) is 53.2. The highest BCUT2D eigenvalue weighted by Gasteiger charge is 2.26. The van der Waals surface area contributed by atoms with Gasteiger partial charge in [0.25, 0.3) is 0 Å². The number of carbonyl (C=O) groups is 1. The van der Waals surface area contributed by atoms with Crippen molar-refractivity contribution in [1.29, 1.82) is 0 Å². The molecule has 0 spiro atoms. The van der Waals surface area contributed by atoms with Gasteiger partial charge < -0.3 is 21.1 Å². The second kappa shape index (κ2) is 41.8. The number of nitrogens with two attached hydrogens (primary N) is 1. The summed E-state index contributed by atoms with van der Waals surface area (Å²) in [5, 5.41) is 13.7. The lowest BCUT2D eigenvalue weighted by molar-refractivity contribution is -0.123. The van der Waals surface area contributed by atoms with E-state index < -0.39 is 20.0 Å². The highest BCUT2D eigenvalue weighted by atomic mass is 31.2. The lowest BCUT2D eigenvalue weighted by Crippen LogP contribution is -2.45. The van der Waals surface area contributed by atoms with E-state index in [1.807, 2.05) is 6.08 Å². The molecule has 320 valence electrons. The Balaban J connectivity index is 4.24. The predicted molar refractivity (Wildman–Crippen MR) is 235 cm³/mol. The summed E-state index contributed by atoms with van der Waals surface area (Å²) in [6.07, 6.45) is 52.6. The summed E-state index contributed by atoms with van der Waals surface area (Å²) in [6, 6.07) is -0.870. The third-order valence-corrected chi connectivity index (χ3v) is 10.6. The second-order valence-corrected chi connectivity index (χ2v) is 16.3. The van der Waals surface area contributed by atoms with Crippen LogP contribution in [0, 0.1) is 0 Å². The highest BCUT2D eigenvalue weighted by Crippen LogP contribution is 2.43. The van der Waals surface area contributed by atoms with E-state index >= 15 is 0 Å². The average Bonchev–Trinajstić information content (AvgIpc) is 3.17. The number of rotatable bonds is 41. The molecule has 1 amide bonds. The molecular weight excluding hydrogens is 707 g/mol. The Morgan fingerprint density at radius 2 is 1.05 bits per heavy atom. The van der Waals surface area contributed by atoms with Crippen LogP contribution in [0.25, 0.3) is 0 Å². The topological polar surface area (TPSA) is 131 Å². The number of aliphatic hydroxyl groups excluding tert-OH is 1. The molecule has 5 N–H and O–H groups in total. The number of unbranched alkanes of at least 4 members (excludes halogenated alkanes) is 21. The summed E-state index contributed by atoms with van der Waals surface area (Å²) in [5.74, 6) is -0.210. The Morgan fingerprint density at radius 3 is 1.55 bits per heavy atom. The van der Waals surface area contributed by atoms with Crippen LogP contribution in [0.4, 0.5) is 0 Å². The van der Waals surface area contributed by atoms with Crippen LogP contribution in [-0.2, 0) is 18.4 Å². The lowest BCUT2D eigenvalue weighted by atomic mass is 10.0. The summed E-state index contributed by atoms with van der Waals surface area (Å²) in [6.45, 7) is 4.01. The molecule has 0 fully saturated rings. The summed E-state index contributed by atoms with van der Waals surface area (Å²) < 4.78 is 22.1. The van der Waals surface area contributed by atoms with Crippen LogP contribution in [0.3, 0.4) is 0 Å². The molecule has 0 saturated heterocycles. The number of carbonyl (C=O) groups excluding carboxylic acids is 1. The van der Waals surface area contributed by atoms with Crippen LogP contribution in [0.2, 0.25) is 0 Å². The molecule has 8 nitrogen and oxygen atoms in total. The molecule has 0 aliphatic carbocycles. The predicted octanol–water partition coefficient (Wildman–Crippen LogP) is 12.7. The van der Waals surface area contributed by atoms with Gasteiger partial charge in [0.05, 0.1) is 25.4 Å². The molecule has 0 rings (SSSR count). The molecule has 0 aliphatic heterocycles. The minimum absolute atomic E-state index is 0.0734. The molecule has 0 aromatic rings. The number of nitrogens with one attached hydrogen (secondary N) is 1. The standard InChI is InChI=1S/C46H85N2O6P/c1-3-5-7-9-11-13-15-17-19-21-22-24-26-28-30-32-34-36-38-40-46(50)48-44(43-54-55(51,52)53-42-41-47)45(49)39-37-35-33-31-29-27-25-23-20-18-16-14-12-10-8-6-4-2/h5,7,11,13,17,19,22,24,37,39,44-45,49H,3-4,6,8-10,12,14-16,18,20-21,23,25-36,38,40-43,47H2,1-2H3,(H,48,50)(H,51,52)/b7-5-,13-11-,19-17-,24-22-,39-37+. The van der Waals surface area contributed by atoms with Crippen molar-refractivity contribution in [2.24, 2.45) is 5.73 Å². The maximum Gasteiger partial charge on any atom is 0.472 e. The van der Waals surface area contributed by atoms with E-state index in [0.29, 0.717) is 6.42 Å². The fourth-order valence-electron chi connectivity index (χ4n) is 6.24. The van der Waals surface area contributed by atoms with E-state index in [9.17, 15) is 19.4 Å². The molecule has 55 heavy (non-hydrogen) atoms. The fraction of sp³-hybridized carbons (Fsp3) is 0.761. The van der Waals surface area contributed by atoms with Crippen LogP contribution in [0.5, 0.6) is 0 Å². The molecule has 0 radical (unpaired) electrons. The van der Waals surface area contributed by atoms with Crippen LogP contribution >= 0.6 is 7.82 Å². The normalized spacial score (nSPS) is 14.6. The van der Waals surface area contributed by atoms with Crippen molar-refractivity contribution >= 4 is 13.7 Å². The lowest BCUT2D eigenvalue weighted by Gasteiger charge is -2.23. The van der Waals surface area contributed by atoms with Crippen LogP contribution in [0.1, 0.15) is 194 Å². The van der Waals surface area contributed by atoms with Crippen LogP contribution < -0.4 is 11.1 Å². The minimum Gasteiger partial charge on any atom is -0.387 e. The zero-order valence-corrected chi connectivity index (χ0v) is 36.3. The van der Waals surface area contributed by atoms with Gasteiger partial charge in [-0.25, -0.2) is 4.57 Å². The Labute approximate surface area is 338 Å². The number of amides is 1. The van der Waals surface area contributed by atoms with Gasteiger partial charge in [0.2, 0.25) is 5.91 Å². The van der Waals surface area contributed by atoms with Crippen molar-refractivity contribution in [2.75, 3.05) is 19.8 Å². The first-order valence-electron chi connectivity index (χ1n) is 22.4. The molecule has 3 unspecified atom stereocenters. The van der Waals surface area contributed by atoms with Gasteiger partial charge in [-0.05, 0) is 57.8 Å². The molecule has 0 bridgehead atoms. The van der Waals surface area contributed by atoms with Gasteiger partial charge in [0.15, 0.2) is 0 Å². The van der Waals surface area contributed by atoms with E-state index in [1.54, 1.807) is 6.08 Å². The van der Waals surface area contributed by atoms with Gasteiger partial charge >= 0.3 is 7.82 Å². The maximum atomic E-state index is 12.8. The minimum atomic E-state index is -4.35. The second-order valence-electron chi connectivity index (χ2n) is 14.9. The number of hydrogen-bond acceptors (Lipinski definition) is 6. The molecular formula is C46H85N2O6P. The summed E-state index contributed by atoms with van der Waals surface area (Å²) in [7, 11) is -4.35. The first-order valence-corrected chi connectivity index (χ1v) is 23.9. The number of hydrogen-bond donors (Lipinski definition) is 4. The number of phosphoric ester groups is 1. The van der Waals surface area contributed by atoms with Crippen molar-refractivity contribution in [3.8, 4) is 0 Å². The van der Waals surface area contributed by atoms with E-state index in [4.69, 9.17) is 14.8 Å². The van der Waals surface area contributed by atoms with E-state index in [1.165, 1.54) is 96.3 Å². The number of allylic oxidation sites excluding steroid dienone is 9. The van der Waals surface area contributed by atoms with Gasteiger partial charge in [-0.15, -0.1) is 0 Å². The molecule has 0 aliphatic rings. The summed E-state index contributed by atoms with van der Waals surface area (Å²) in [4.78, 5) is 22.7. The maximum absolute atomic E-state index is 12.8. The average molecular weight is 793 g/mol. The number of phosphoric acid groups is 1. The van der Waals surface area contributed by atoms with Gasteiger partial charge in [-0.1, -0.05) is 190 Å². The first-order chi connectivity index (χ1) is 26.9. The van der Waals surface area contributed by atoms with Gasteiger partial charge in [0.1, 0.15) is 0 Å². The van der Waals surface area contributed by atoms with E-state index in [0.717, 1.165) is 77.0 Å². The molecule has 3 atom stereocenters. The monoisotopic (exact) mass is 793 g/mol. The fourth-order valence-corrected chi connectivity index (χ4v) is 7.00. The van der Waals surface area contributed by atoms with Crippen molar-refractivity contribution in [3.05, 3.63) is 60.8 Å². The quantitative estimate of drug-likeness (QED) is 0.0275. The Kier molecular flexibility index (Phi) is 40.5. The van der Waals surface area contributed by atoms with Gasteiger partial charge in [-0.2, -0.15) is 0 Å². The van der Waals surface area contributed by atoms with E-state index in [-0.39, 0.29) is 25.7 Å². The Morgan fingerprint density at radius 1 is 0.618 bits per heavy atom. The van der Waals surface area contributed by atoms with Crippen molar-refractivity contribution < 1.29 is 28.4 Å². The largest absolute Gasteiger partial charge is 0.472 e. The third kappa shape index (κ3) is 40.2. The van der Waals surface area contributed by atoms with Crippen LogP contribution in [-0.4, -0.2) is 47.8 Å². The number of aliphatic hydroxyl groups is 1. The molecule has 0 heterocycles. The van der Waals surface area contributed by atoms with Gasteiger partial charge in [0, 0.05) is 13.0 Å². The highest BCUT2D eigenvalue weighted by molar-refractivity contribution is 7.47. The van der Waals surface area contributed by atoms with Crippen molar-refractivity contribution in [3.63, 3.8) is 0 Å². The van der Waals surface area contributed by atoms with E-state index in [2.05, 4.69) is 67.8 Å². The zero-order chi connectivity index (χ0) is 40.3.